The number of anilines is 1. The first kappa shape index (κ1) is 27.9. The van der Waals surface area contributed by atoms with E-state index < -0.39 is 11.8 Å². The van der Waals surface area contributed by atoms with E-state index >= 15 is 0 Å². The Morgan fingerprint density at radius 2 is 1.73 bits per heavy atom. The summed E-state index contributed by atoms with van der Waals surface area (Å²) < 4.78 is 32.0. The first-order chi connectivity index (χ1) is 19.9. The van der Waals surface area contributed by atoms with E-state index in [1.807, 2.05) is 42.0 Å². The number of hydrogen-bond donors (Lipinski definition) is 0. The Hall–Kier alpha value is -4.70. The molecular formula is C31H28FN3O5S. The van der Waals surface area contributed by atoms with Gasteiger partial charge in [-0.25, -0.2) is 4.39 Å². The fourth-order valence-electron chi connectivity index (χ4n) is 4.65. The van der Waals surface area contributed by atoms with Gasteiger partial charge in [0.2, 0.25) is 0 Å². The molecule has 0 spiro atoms. The number of carbonyl (C=O) groups is 2. The third-order valence-corrected chi connectivity index (χ3v) is 7.00. The molecule has 10 heteroatoms. The number of methoxy groups -OCH3 is 1. The Balaban J connectivity index is 1.48. The number of rotatable bonds is 10. The molecule has 0 saturated carbocycles. The fourth-order valence-corrected chi connectivity index (χ4v) is 5.00. The van der Waals surface area contributed by atoms with Gasteiger partial charge in [-0.1, -0.05) is 30.3 Å². The minimum absolute atomic E-state index is 0.165. The molecule has 5 rings (SSSR count). The maximum absolute atomic E-state index is 14.0. The molecule has 8 nitrogen and oxygen atoms in total. The summed E-state index contributed by atoms with van der Waals surface area (Å²) in [5.41, 5.74) is 2.45. The van der Waals surface area contributed by atoms with Crippen LogP contribution in [-0.4, -0.2) is 53.3 Å². The zero-order valence-corrected chi connectivity index (χ0v) is 23.4. The number of para-hydroxylation sites is 2. The van der Waals surface area contributed by atoms with Crippen molar-refractivity contribution in [2.75, 3.05) is 31.8 Å². The van der Waals surface area contributed by atoms with Gasteiger partial charge in [0.1, 0.15) is 24.6 Å². The van der Waals surface area contributed by atoms with E-state index in [1.54, 1.807) is 48.5 Å². The smallest absolute Gasteiger partial charge is 0.325 e. The Kier molecular flexibility index (Phi) is 8.30. The monoisotopic (exact) mass is 573 g/mol. The van der Waals surface area contributed by atoms with Crippen LogP contribution in [0, 0.1) is 5.82 Å². The number of ether oxygens (including phenoxy) is 3. The van der Waals surface area contributed by atoms with Gasteiger partial charge in [0.25, 0.3) is 5.91 Å². The van der Waals surface area contributed by atoms with Gasteiger partial charge in [0, 0.05) is 22.7 Å². The van der Waals surface area contributed by atoms with E-state index in [9.17, 15) is 14.0 Å². The molecule has 1 fully saturated rings. The highest BCUT2D eigenvalue weighted by atomic mass is 32.1. The van der Waals surface area contributed by atoms with Crippen LogP contribution in [0.25, 0.3) is 17.0 Å². The Morgan fingerprint density at radius 1 is 1.00 bits per heavy atom. The lowest BCUT2D eigenvalue weighted by molar-refractivity contribution is -0.140. The summed E-state index contributed by atoms with van der Waals surface area (Å²) in [6, 6.07) is 21.0. The maximum Gasteiger partial charge on any atom is 0.325 e. The van der Waals surface area contributed by atoms with Crippen molar-refractivity contribution >= 4 is 51.9 Å². The summed E-state index contributed by atoms with van der Waals surface area (Å²) in [4.78, 5) is 29.0. The van der Waals surface area contributed by atoms with E-state index in [1.165, 1.54) is 23.0 Å². The number of benzene rings is 3. The van der Waals surface area contributed by atoms with Crippen LogP contribution in [0.3, 0.4) is 0 Å². The second-order valence-electron chi connectivity index (χ2n) is 9.12. The average Bonchev–Trinajstić information content (AvgIpc) is 3.44. The molecule has 1 aliphatic heterocycles. The maximum atomic E-state index is 14.0. The molecule has 0 atom stereocenters. The predicted molar refractivity (Wildman–Crippen MR) is 158 cm³/mol. The van der Waals surface area contributed by atoms with Gasteiger partial charge in [-0.2, -0.15) is 0 Å². The summed E-state index contributed by atoms with van der Waals surface area (Å²) in [6.45, 7) is 2.85. The number of nitrogens with zero attached hydrogens (tertiary/aromatic N) is 3. The van der Waals surface area contributed by atoms with Crippen molar-refractivity contribution in [2.24, 2.45) is 0 Å². The quantitative estimate of drug-likeness (QED) is 0.143. The molecule has 1 saturated heterocycles. The minimum atomic E-state index is -0.535. The van der Waals surface area contributed by atoms with Crippen LogP contribution in [0.4, 0.5) is 10.1 Å². The van der Waals surface area contributed by atoms with Gasteiger partial charge in [-0.15, -0.1) is 0 Å². The number of halogens is 1. The number of esters is 1. The molecule has 0 aliphatic carbocycles. The number of hydrogen-bond acceptors (Lipinski definition) is 6. The van der Waals surface area contributed by atoms with Crippen molar-refractivity contribution < 1.29 is 28.2 Å². The van der Waals surface area contributed by atoms with Crippen LogP contribution in [0.2, 0.25) is 0 Å². The highest BCUT2D eigenvalue weighted by Gasteiger charge is 2.40. The van der Waals surface area contributed by atoms with Crippen molar-refractivity contribution in [1.82, 2.24) is 9.47 Å². The molecule has 1 aliphatic rings. The van der Waals surface area contributed by atoms with Crippen LogP contribution in [0.1, 0.15) is 12.5 Å². The Labute approximate surface area is 242 Å². The fraction of sp³-hybridized carbons (Fsp3) is 0.194. The summed E-state index contributed by atoms with van der Waals surface area (Å²) in [6.07, 6.45) is 3.62. The van der Waals surface area contributed by atoms with Gasteiger partial charge in [0.15, 0.2) is 16.7 Å². The molecule has 3 aromatic carbocycles. The highest BCUT2D eigenvalue weighted by Crippen LogP contribution is 2.32. The molecule has 210 valence electrons. The molecule has 1 aromatic heterocycles. The van der Waals surface area contributed by atoms with E-state index in [0.29, 0.717) is 24.6 Å². The minimum Gasteiger partial charge on any atom is -0.494 e. The number of aromatic nitrogens is 1. The molecule has 1 amide bonds. The van der Waals surface area contributed by atoms with Crippen molar-refractivity contribution in [3.05, 3.63) is 96.1 Å². The Bertz CT molecular complexity index is 1630. The van der Waals surface area contributed by atoms with Crippen LogP contribution in [-0.2, 0) is 20.9 Å². The SMILES string of the molecule is CCOc1ccc(N2C(=O)/C(=C/c3cn(CCOc4ccccc4F)c4ccccc34)N(CC(=O)OC)C2=S)cc1. The van der Waals surface area contributed by atoms with Gasteiger partial charge in [0.05, 0.1) is 25.9 Å². The lowest BCUT2D eigenvalue weighted by Crippen LogP contribution is -2.35. The Morgan fingerprint density at radius 3 is 2.46 bits per heavy atom. The second kappa shape index (κ2) is 12.2. The average molecular weight is 574 g/mol. The standard InChI is InChI=1S/C31H28FN3O5S/c1-3-39-23-14-12-22(13-15-23)35-30(37)27(34(31(35)41)20-29(36)38-2)18-21-19-33(26-10-6-4-8-24(21)26)16-17-40-28-11-7-5-9-25(28)32/h4-15,18-19H,3,16-17,20H2,1-2H3/b27-18-. The highest BCUT2D eigenvalue weighted by molar-refractivity contribution is 7.80. The second-order valence-corrected chi connectivity index (χ2v) is 9.48. The first-order valence-corrected chi connectivity index (χ1v) is 13.4. The lowest BCUT2D eigenvalue weighted by Gasteiger charge is -2.19. The molecule has 0 unspecified atom stereocenters. The first-order valence-electron chi connectivity index (χ1n) is 13.0. The molecule has 0 bridgehead atoms. The van der Waals surface area contributed by atoms with Crippen LogP contribution in [0.15, 0.2) is 84.7 Å². The molecule has 41 heavy (non-hydrogen) atoms. The number of amides is 1. The van der Waals surface area contributed by atoms with E-state index in [4.69, 9.17) is 26.4 Å². The molecule has 4 aromatic rings. The van der Waals surface area contributed by atoms with Crippen molar-refractivity contribution in [2.45, 2.75) is 13.5 Å². The summed E-state index contributed by atoms with van der Waals surface area (Å²) in [7, 11) is 1.29. The van der Waals surface area contributed by atoms with Crippen LogP contribution >= 0.6 is 12.2 Å². The molecular weight excluding hydrogens is 545 g/mol. The number of fused-ring (bicyclic) bond motifs is 1. The van der Waals surface area contributed by atoms with Gasteiger partial charge in [-0.3, -0.25) is 14.5 Å². The molecule has 0 N–H and O–H groups in total. The summed E-state index contributed by atoms with van der Waals surface area (Å²) >= 11 is 5.68. The normalized spacial score (nSPS) is 14.3. The largest absolute Gasteiger partial charge is 0.494 e. The zero-order chi connectivity index (χ0) is 28.9. The van der Waals surface area contributed by atoms with Gasteiger partial charge < -0.3 is 23.7 Å². The number of carbonyl (C=O) groups excluding carboxylic acids is 2. The van der Waals surface area contributed by atoms with Crippen molar-refractivity contribution in [3.8, 4) is 11.5 Å². The van der Waals surface area contributed by atoms with Crippen LogP contribution in [0.5, 0.6) is 11.5 Å². The van der Waals surface area contributed by atoms with E-state index in [0.717, 1.165) is 16.5 Å². The third-order valence-electron chi connectivity index (χ3n) is 6.59. The van der Waals surface area contributed by atoms with Crippen LogP contribution < -0.4 is 14.4 Å². The topological polar surface area (TPSA) is 73.2 Å². The van der Waals surface area contributed by atoms with Gasteiger partial charge >= 0.3 is 5.97 Å². The van der Waals surface area contributed by atoms with E-state index in [2.05, 4.69) is 0 Å². The van der Waals surface area contributed by atoms with E-state index in [-0.39, 0.29) is 35.6 Å². The van der Waals surface area contributed by atoms with Gasteiger partial charge in [-0.05, 0) is 67.7 Å². The zero-order valence-electron chi connectivity index (χ0n) is 22.6. The summed E-state index contributed by atoms with van der Waals surface area (Å²) in [5, 5.41) is 1.06. The lowest BCUT2D eigenvalue weighted by atomic mass is 10.1. The third kappa shape index (κ3) is 5.78. The number of thiocarbonyl (C=S) groups is 1. The van der Waals surface area contributed by atoms with Crippen molar-refractivity contribution in [1.29, 1.82) is 0 Å². The summed E-state index contributed by atoms with van der Waals surface area (Å²) in [5.74, 6) is -0.476. The molecule has 2 heterocycles. The molecule has 0 radical (unpaired) electrons. The van der Waals surface area contributed by atoms with Crippen molar-refractivity contribution in [3.63, 3.8) is 0 Å². The predicted octanol–water partition coefficient (Wildman–Crippen LogP) is 5.41.